The molecular formula is C9H16O2S2. The topological polar surface area (TPSA) is 18.5 Å². The molecule has 0 amide bonds. The molecule has 0 aromatic rings. The minimum absolute atomic E-state index is 0.358. The summed E-state index contributed by atoms with van der Waals surface area (Å²) in [7, 11) is 0. The summed E-state index contributed by atoms with van der Waals surface area (Å²) in [5.74, 6) is 2.65. The van der Waals surface area contributed by atoms with Crippen molar-refractivity contribution in [2.45, 2.75) is 23.5 Å². The molecule has 2 aliphatic rings. The van der Waals surface area contributed by atoms with Crippen LogP contribution in [0.5, 0.6) is 0 Å². The second-order valence-electron chi connectivity index (χ2n) is 3.33. The quantitative estimate of drug-likeness (QED) is 0.708. The molecule has 0 spiro atoms. The molecule has 0 aromatic heterocycles. The summed E-state index contributed by atoms with van der Waals surface area (Å²) >= 11 is 4.17. The van der Waals surface area contributed by atoms with Crippen molar-refractivity contribution in [2.24, 2.45) is 0 Å². The van der Waals surface area contributed by atoms with Crippen molar-refractivity contribution in [3.8, 4) is 0 Å². The van der Waals surface area contributed by atoms with Gasteiger partial charge in [-0.05, 0) is 24.3 Å². The number of thioether (sulfide) groups is 2. The molecule has 76 valence electrons. The van der Waals surface area contributed by atoms with Crippen LogP contribution >= 0.6 is 23.5 Å². The van der Waals surface area contributed by atoms with Gasteiger partial charge in [0.25, 0.3) is 0 Å². The lowest BCUT2D eigenvalue weighted by Gasteiger charge is -2.28. The Morgan fingerprint density at radius 3 is 2.69 bits per heavy atom. The largest absolute Gasteiger partial charge is 0.376 e. The molecule has 4 heteroatoms. The Bertz CT molecular complexity index is 127. The average Bonchev–Trinajstić information content (AvgIpc) is 2.21. The van der Waals surface area contributed by atoms with Crippen molar-refractivity contribution in [2.75, 3.05) is 31.3 Å². The monoisotopic (exact) mass is 220 g/mol. The maximum absolute atomic E-state index is 5.63. The van der Waals surface area contributed by atoms with Crippen LogP contribution in [0.4, 0.5) is 0 Å². The molecule has 2 rings (SSSR count). The van der Waals surface area contributed by atoms with Crippen LogP contribution in [0.15, 0.2) is 0 Å². The third-order valence-electron chi connectivity index (χ3n) is 2.24. The van der Waals surface area contributed by atoms with E-state index in [4.69, 9.17) is 9.47 Å². The summed E-state index contributed by atoms with van der Waals surface area (Å²) in [4.78, 5) is 0. The smallest absolute Gasteiger partial charge is 0.0828 e. The molecule has 2 heterocycles. The molecule has 1 atom stereocenters. The van der Waals surface area contributed by atoms with Crippen LogP contribution in [0.2, 0.25) is 0 Å². The summed E-state index contributed by atoms with van der Waals surface area (Å²) in [6.07, 6.45) is 2.89. The lowest BCUT2D eigenvalue weighted by atomic mass is 10.3. The molecule has 13 heavy (non-hydrogen) atoms. The highest BCUT2D eigenvalue weighted by Gasteiger charge is 2.22. The molecule has 2 fully saturated rings. The average molecular weight is 220 g/mol. The van der Waals surface area contributed by atoms with Gasteiger partial charge in [0.15, 0.2) is 0 Å². The van der Waals surface area contributed by atoms with E-state index in [-0.39, 0.29) is 0 Å². The van der Waals surface area contributed by atoms with Gasteiger partial charge in [0.05, 0.1) is 30.5 Å². The first-order chi connectivity index (χ1) is 6.45. The van der Waals surface area contributed by atoms with Crippen molar-refractivity contribution >= 4 is 23.5 Å². The Balaban J connectivity index is 1.69. The molecule has 0 aliphatic carbocycles. The number of ether oxygens (including phenoxy) is 2. The summed E-state index contributed by atoms with van der Waals surface area (Å²) in [5, 5.41) is 0. The number of hydrogen-bond donors (Lipinski definition) is 0. The van der Waals surface area contributed by atoms with Gasteiger partial charge in [-0.2, -0.15) is 0 Å². The molecular weight excluding hydrogens is 204 g/mol. The van der Waals surface area contributed by atoms with Crippen LogP contribution in [0.3, 0.4) is 0 Å². The standard InChI is InChI=1S/C9H16O2S2/c1-4-12-9(13-5-1)6-8-7-10-2-3-11-8/h8-9H,1-7H2/t8-/m0/s1. The molecule has 2 nitrogen and oxygen atoms in total. The van der Waals surface area contributed by atoms with Gasteiger partial charge in [0.1, 0.15) is 0 Å². The number of hydrogen-bond acceptors (Lipinski definition) is 4. The first kappa shape index (κ1) is 10.1. The molecule has 0 unspecified atom stereocenters. The molecule has 0 bridgehead atoms. The third kappa shape index (κ3) is 3.35. The predicted octanol–water partition coefficient (Wildman–Crippen LogP) is 1.99. The fourth-order valence-electron chi connectivity index (χ4n) is 1.56. The van der Waals surface area contributed by atoms with Crippen molar-refractivity contribution < 1.29 is 9.47 Å². The van der Waals surface area contributed by atoms with Gasteiger partial charge in [0.2, 0.25) is 0 Å². The van der Waals surface area contributed by atoms with E-state index in [0.29, 0.717) is 6.10 Å². The second-order valence-corrected chi connectivity index (χ2v) is 6.25. The van der Waals surface area contributed by atoms with Gasteiger partial charge in [-0.1, -0.05) is 0 Å². The van der Waals surface area contributed by atoms with Crippen LogP contribution in [-0.2, 0) is 9.47 Å². The Labute approximate surface area is 88.1 Å². The highest BCUT2D eigenvalue weighted by atomic mass is 32.2. The first-order valence-electron chi connectivity index (χ1n) is 4.88. The maximum Gasteiger partial charge on any atom is 0.0828 e. The lowest BCUT2D eigenvalue weighted by Crippen LogP contribution is -2.31. The lowest BCUT2D eigenvalue weighted by molar-refractivity contribution is -0.0889. The van der Waals surface area contributed by atoms with E-state index in [1.807, 2.05) is 0 Å². The minimum Gasteiger partial charge on any atom is -0.376 e. The SMILES string of the molecule is C1CSC(C[C@H]2COCCO2)SC1. The summed E-state index contributed by atoms with van der Waals surface area (Å²) in [6.45, 7) is 2.37. The highest BCUT2D eigenvalue weighted by molar-refractivity contribution is 8.17. The second kappa shape index (κ2) is 5.49. The van der Waals surface area contributed by atoms with Crippen LogP contribution in [0, 0.1) is 0 Å². The van der Waals surface area contributed by atoms with E-state index in [1.165, 1.54) is 17.9 Å². The van der Waals surface area contributed by atoms with Crippen molar-refractivity contribution in [1.29, 1.82) is 0 Å². The minimum atomic E-state index is 0.358. The van der Waals surface area contributed by atoms with E-state index in [1.54, 1.807) is 0 Å². The van der Waals surface area contributed by atoms with Gasteiger partial charge in [0, 0.05) is 0 Å². The third-order valence-corrected chi connectivity index (χ3v) is 5.23. The summed E-state index contributed by atoms with van der Waals surface area (Å²) < 4.78 is 11.8. The van der Waals surface area contributed by atoms with E-state index in [0.717, 1.165) is 30.8 Å². The van der Waals surface area contributed by atoms with Crippen LogP contribution < -0.4 is 0 Å². The van der Waals surface area contributed by atoms with Crippen molar-refractivity contribution in [3.05, 3.63) is 0 Å². The Morgan fingerprint density at radius 1 is 1.15 bits per heavy atom. The van der Waals surface area contributed by atoms with Crippen molar-refractivity contribution in [3.63, 3.8) is 0 Å². The zero-order chi connectivity index (χ0) is 8.93. The van der Waals surface area contributed by atoms with Gasteiger partial charge in [-0.15, -0.1) is 23.5 Å². The highest BCUT2D eigenvalue weighted by Crippen LogP contribution is 2.34. The molecule has 2 saturated heterocycles. The normalized spacial score (nSPS) is 31.8. The van der Waals surface area contributed by atoms with Crippen LogP contribution in [-0.4, -0.2) is 42.0 Å². The summed E-state index contributed by atoms with van der Waals surface area (Å²) in [6, 6.07) is 0. The van der Waals surface area contributed by atoms with Crippen LogP contribution in [0.1, 0.15) is 12.8 Å². The zero-order valence-corrected chi connectivity index (χ0v) is 9.37. The molecule has 0 N–H and O–H groups in total. The predicted molar refractivity (Wildman–Crippen MR) is 58.5 cm³/mol. The fraction of sp³-hybridized carbons (Fsp3) is 1.00. The van der Waals surface area contributed by atoms with Crippen LogP contribution in [0.25, 0.3) is 0 Å². The molecule has 0 saturated carbocycles. The number of rotatable bonds is 2. The van der Waals surface area contributed by atoms with E-state index >= 15 is 0 Å². The summed E-state index contributed by atoms with van der Waals surface area (Å²) in [5.41, 5.74) is 0. The van der Waals surface area contributed by atoms with Crippen molar-refractivity contribution in [1.82, 2.24) is 0 Å². The van der Waals surface area contributed by atoms with Gasteiger partial charge in [-0.25, -0.2) is 0 Å². The Hall–Kier alpha value is 0.620. The van der Waals surface area contributed by atoms with Gasteiger partial charge < -0.3 is 9.47 Å². The Kier molecular flexibility index (Phi) is 4.28. The van der Waals surface area contributed by atoms with Gasteiger partial charge >= 0.3 is 0 Å². The fourth-order valence-corrected chi connectivity index (χ4v) is 4.55. The maximum atomic E-state index is 5.63. The van der Waals surface area contributed by atoms with E-state index in [9.17, 15) is 0 Å². The zero-order valence-electron chi connectivity index (χ0n) is 7.74. The first-order valence-corrected chi connectivity index (χ1v) is 6.97. The molecule has 0 radical (unpaired) electrons. The van der Waals surface area contributed by atoms with E-state index in [2.05, 4.69) is 23.5 Å². The molecule has 0 aromatic carbocycles. The molecule has 2 aliphatic heterocycles. The Morgan fingerprint density at radius 2 is 2.00 bits per heavy atom. The van der Waals surface area contributed by atoms with E-state index < -0.39 is 0 Å². The van der Waals surface area contributed by atoms with Gasteiger partial charge in [-0.3, -0.25) is 0 Å².